The summed E-state index contributed by atoms with van der Waals surface area (Å²) in [5.74, 6) is 1.07. The van der Waals surface area contributed by atoms with E-state index in [0.717, 1.165) is 67.0 Å². The number of nitrogens with one attached hydrogen (secondary N) is 1. The molecule has 2 bridgehead atoms. The van der Waals surface area contributed by atoms with Crippen molar-refractivity contribution in [1.82, 2.24) is 30.2 Å². The monoisotopic (exact) mass is 674 g/mol. The van der Waals surface area contributed by atoms with Gasteiger partial charge in [-0.2, -0.15) is 0 Å². The molecule has 0 saturated carbocycles. The molecule has 4 aromatic rings. The Morgan fingerprint density at radius 1 is 0.872 bits per heavy atom. The summed E-state index contributed by atoms with van der Waals surface area (Å²) in [6.45, 7) is 2.18. The van der Waals surface area contributed by atoms with Crippen molar-refractivity contribution in [2.75, 3.05) is 27.4 Å². The van der Waals surface area contributed by atoms with E-state index in [1.165, 1.54) is 0 Å². The smallest absolute Gasteiger partial charge is 0.237 e. The molecule has 0 spiro atoms. The molecule has 244 valence electrons. The van der Waals surface area contributed by atoms with E-state index in [4.69, 9.17) is 57.3 Å². The van der Waals surface area contributed by atoms with E-state index in [1.54, 1.807) is 26.6 Å². The normalized spacial score (nSPS) is 20.5. The van der Waals surface area contributed by atoms with Crippen LogP contribution in [-0.4, -0.2) is 76.3 Å². The number of ether oxygens (including phenoxy) is 3. The van der Waals surface area contributed by atoms with Crippen LogP contribution < -0.4 is 14.8 Å². The third kappa shape index (κ3) is 6.39. The molecule has 3 atom stereocenters. The van der Waals surface area contributed by atoms with Crippen molar-refractivity contribution in [1.29, 1.82) is 0 Å². The Balaban J connectivity index is 1.12. The average molecular weight is 676 g/mol. The molecule has 5 heterocycles. The molecule has 12 heteroatoms. The third-order valence-electron chi connectivity index (χ3n) is 9.34. The lowest BCUT2D eigenvalue weighted by molar-refractivity contribution is -0.132. The van der Waals surface area contributed by atoms with Crippen LogP contribution in [0.2, 0.25) is 10.0 Å². The van der Waals surface area contributed by atoms with Crippen LogP contribution in [0.4, 0.5) is 0 Å². The SMILES string of the molecule is COc1nc(-c2cccc(-c3cccc(-c4cnc(CN5C6COCC5C6)c(OC)n4)c3Cl)c2Cl)cnc1CCC[C@@H]1CCC(=O)N1. The molecule has 3 fully saturated rings. The molecule has 3 aliphatic heterocycles. The van der Waals surface area contributed by atoms with Crippen molar-refractivity contribution in [3.8, 4) is 45.4 Å². The second-order valence-corrected chi connectivity index (χ2v) is 13.0. The van der Waals surface area contributed by atoms with Gasteiger partial charge in [0.1, 0.15) is 11.4 Å². The fourth-order valence-corrected chi connectivity index (χ4v) is 7.44. The molecule has 1 N–H and O–H groups in total. The highest BCUT2D eigenvalue weighted by Gasteiger charge is 2.42. The molecule has 3 aliphatic rings. The number of carbonyl (C=O) groups is 1. The Kier molecular flexibility index (Phi) is 9.27. The summed E-state index contributed by atoms with van der Waals surface area (Å²) in [7, 11) is 3.20. The zero-order chi connectivity index (χ0) is 32.5. The minimum absolute atomic E-state index is 0.127. The largest absolute Gasteiger partial charge is 0.480 e. The molecule has 0 aliphatic carbocycles. The number of hydrogen-bond donors (Lipinski definition) is 1. The molecule has 1 amide bonds. The van der Waals surface area contributed by atoms with E-state index in [9.17, 15) is 4.79 Å². The summed E-state index contributed by atoms with van der Waals surface area (Å²) in [5, 5.41) is 4.02. The quantitative estimate of drug-likeness (QED) is 0.200. The van der Waals surface area contributed by atoms with Crippen molar-refractivity contribution in [3.05, 3.63) is 70.2 Å². The summed E-state index contributed by atoms with van der Waals surface area (Å²) < 4.78 is 16.9. The topological polar surface area (TPSA) is 112 Å². The van der Waals surface area contributed by atoms with Gasteiger partial charge in [0.15, 0.2) is 0 Å². The molecule has 47 heavy (non-hydrogen) atoms. The number of amides is 1. The third-order valence-corrected chi connectivity index (χ3v) is 10.1. The lowest BCUT2D eigenvalue weighted by Crippen LogP contribution is -2.63. The zero-order valence-corrected chi connectivity index (χ0v) is 27.9. The first-order valence-corrected chi connectivity index (χ1v) is 16.7. The number of methoxy groups -OCH3 is 2. The van der Waals surface area contributed by atoms with Gasteiger partial charge in [-0.25, -0.2) is 9.97 Å². The van der Waals surface area contributed by atoms with E-state index in [-0.39, 0.29) is 11.9 Å². The molecule has 7 rings (SSSR count). The van der Waals surface area contributed by atoms with E-state index in [0.29, 0.717) is 70.2 Å². The zero-order valence-electron chi connectivity index (χ0n) is 26.3. The van der Waals surface area contributed by atoms with Gasteiger partial charge in [-0.1, -0.05) is 59.6 Å². The van der Waals surface area contributed by atoms with E-state index >= 15 is 0 Å². The first-order valence-electron chi connectivity index (χ1n) is 15.9. The van der Waals surface area contributed by atoms with Gasteiger partial charge in [-0.15, -0.1) is 0 Å². The molecular formula is C35H36Cl2N6O4. The number of nitrogens with zero attached hydrogens (tertiary/aromatic N) is 5. The van der Waals surface area contributed by atoms with Crippen molar-refractivity contribution < 1.29 is 19.0 Å². The Morgan fingerprint density at radius 3 is 2.00 bits per heavy atom. The first kappa shape index (κ1) is 31.8. The highest BCUT2D eigenvalue weighted by Crippen LogP contribution is 2.42. The van der Waals surface area contributed by atoms with Gasteiger partial charge in [0.05, 0.1) is 61.3 Å². The Hall–Kier alpha value is -3.83. The van der Waals surface area contributed by atoms with Gasteiger partial charge < -0.3 is 19.5 Å². The van der Waals surface area contributed by atoms with Crippen molar-refractivity contribution in [3.63, 3.8) is 0 Å². The highest BCUT2D eigenvalue weighted by molar-refractivity contribution is 6.39. The second kappa shape index (κ2) is 13.7. The van der Waals surface area contributed by atoms with Crippen molar-refractivity contribution >= 4 is 29.1 Å². The number of halogens is 2. The van der Waals surface area contributed by atoms with Gasteiger partial charge in [0, 0.05) is 53.3 Å². The molecular weight excluding hydrogens is 639 g/mol. The molecule has 2 aromatic heterocycles. The number of rotatable bonds is 11. The summed E-state index contributed by atoms with van der Waals surface area (Å²) in [6, 6.07) is 12.6. The number of benzene rings is 2. The van der Waals surface area contributed by atoms with E-state index in [1.807, 2.05) is 36.4 Å². The fourth-order valence-electron chi connectivity index (χ4n) is 6.79. The van der Waals surface area contributed by atoms with Crippen LogP contribution >= 0.6 is 23.2 Å². The van der Waals surface area contributed by atoms with Crippen LogP contribution in [0.3, 0.4) is 0 Å². The van der Waals surface area contributed by atoms with Gasteiger partial charge in [-0.05, 0) is 32.1 Å². The van der Waals surface area contributed by atoms with Crippen LogP contribution in [0.1, 0.15) is 43.5 Å². The van der Waals surface area contributed by atoms with Crippen LogP contribution in [-0.2, 0) is 22.5 Å². The standard InChI is InChI=1S/C35H36Cl2N6O4/c1-45-34-27(11-3-6-20-12-13-31(44)40-20)38-15-28(41-34)25-9-4-7-23(32(25)36)24-8-5-10-26(33(24)37)29-16-39-30(35(42-29)46-2)17-43-21-14-22(43)19-47-18-21/h4-5,7-10,15-16,20-22H,3,6,11-14,17-19H2,1-2H3,(H,40,44)/t20-,21?,22?/m1/s1. The van der Waals surface area contributed by atoms with Crippen LogP contribution in [0, 0.1) is 0 Å². The molecule has 2 aromatic carbocycles. The minimum Gasteiger partial charge on any atom is -0.480 e. The number of carbonyl (C=O) groups excluding carboxylic acids is 1. The first-order chi connectivity index (χ1) is 22.9. The maximum Gasteiger partial charge on any atom is 0.237 e. The number of morpholine rings is 1. The lowest BCUT2D eigenvalue weighted by Gasteiger charge is -2.52. The minimum atomic E-state index is 0.127. The highest BCUT2D eigenvalue weighted by atomic mass is 35.5. The van der Waals surface area contributed by atoms with Gasteiger partial charge >= 0.3 is 0 Å². The van der Waals surface area contributed by atoms with Crippen LogP contribution in [0.25, 0.3) is 33.6 Å². The van der Waals surface area contributed by atoms with Crippen molar-refractivity contribution in [2.45, 2.75) is 63.2 Å². The van der Waals surface area contributed by atoms with Gasteiger partial charge in [-0.3, -0.25) is 19.7 Å². The number of hydrogen-bond acceptors (Lipinski definition) is 9. The summed E-state index contributed by atoms with van der Waals surface area (Å²) >= 11 is 14.1. The summed E-state index contributed by atoms with van der Waals surface area (Å²) in [5.41, 5.74) is 5.71. The van der Waals surface area contributed by atoms with Gasteiger partial charge in [0.25, 0.3) is 0 Å². The molecule has 3 saturated heterocycles. The summed E-state index contributed by atoms with van der Waals surface area (Å²) in [4.78, 5) is 33.0. The molecule has 10 nitrogen and oxygen atoms in total. The van der Waals surface area contributed by atoms with Gasteiger partial charge in [0.2, 0.25) is 17.7 Å². The predicted molar refractivity (Wildman–Crippen MR) is 180 cm³/mol. The van der Waals surface area contributed by atoms with Crippen LogP contribution in [0.5, 0.6) is 11.8 Å². The molecule has 0 radical (unpaired) electrons. The average Bonchev–Trinajstić information content (AvgIpc) is 3.52. The summed E-state index contributed by atoms with van der Waals surface area (Å²) in [6.07, 6.45) is 8.58. The Morgan fingerprint density at radius 2 is 1.45 bits per heavy atom. The predicted octanol–water partition coefficient (Wildman–Crippen LogP) is 6.17. The maximum absolute atomic E-state index is 11.5. The number of aromatic nitrogens is 4. The van der Waals surface area contributed by atoms with E-state index < -0.39 is 0 Å². The molecule has 2 unspecified atom stereocenters. The second-order valence-electron chi connectivity index (χ2n) is 12.2. The van der Waals surface area contributed by atoms with Crippen molar-refractivity contribution in [2.24, 2.45) is 0 Å². The fraction of sp³-hybridized carbons (Fsp3) is 0.400. The number of fused-ring (bicyclic) bond motifs is 2. The Bertz CT molecular complexity index is 1790. The Labute approximate surface area is 283 Å². The number of aryl methyl sites for hydroxylation is 1. The van der Waals surface area contributed by atoms with Crippen LogP contribution in [0.15, 0.2) is 48.8 Å². The van der Waals surface area contributed by atoms with E-state index in [2.05, 4.69) is 10.2 Å². The lowest BCUT2D eigenvalue weighted by atomic mass is 9.91. The maximum atomic E-state index is 11.5.